The molecule has 3 aromatic carbocycles. The molecule has 5 rings (SSSR count). The Morgan fingerprint density at radius 1 is 0.974 bits per heavy atom. The Balaban J connectivity index is 1.69. The monoisotopic (exact) mass is 557 g/mol. The molecule has 0 bridgehead atoms. The number of fused-ring (bicyclic) bond motifs is 1. The van der Waals surface area contributed by atoms with Crippen LogP contribution in [0.25, 0.3) is 10.8 Å². The van der Waals surface area contributed by atoms with E-state index >= 15 is 0 Å². The van der Waals surface area contributed by atoms with Crippen molar-refractivity contribution < 1.29 is 12.6 Å². The molecule has 0 aliphatic heterocycles. The predicted molar refractivity (Wildman–Crippen MR) is 155 cm³/mol. The molecule has 1 atom stereocenters. The molecule has 1 aliphatic rings. The Morgan fingerprint density at radius 2 is 1.67 bits per heavy atom. The van der Waals surface area contributed by atoms with Gasteiger partial charge in [-0.2, -0.15) is 18.7 Å². The minimum absolute atomic E-state index is 0.00319. The maximum Gasteiger partial charge on any atom is 0.340 e. The second kappa shape index (κ2) is 11.4. The van der Waals surface area contributed by atoms with Crippen LogP contribution in [0.3, 0.4) is 0 Å². The molecule has 4 aromatic rings. The fourth-order valence-electron chi connectivity index (χ4n) is 5.12. The van der Waals surface area contributed by atoms with Gasteiger partial charge in [0.15, 0.2) is 5.16 Å². The van der Waals surface area contributed by atoms with E-state index in [0.717, 1.165) is 47.6 Å². The van der Waals surface area contributed by atoms with Crippen molar-refractivity contribution in [2.75, 3.05) is 0 Å². The summed E-state index contributed by atoms with van der Waals surface area (Å²) in [6, 6.07) is 22.8. The first-order valence-electron chi connectivity index (χ1n) is 13.2. The number of nitrogens with zero attached hydrogens (tertiary/aromatic N) is 3. The zero-order valence-electron chi connectivity index (χ0n) is 22.3. The van der Waals surface area contributed by atoms with E-state index in [2.05, 4.69) is 11.1 Å². The van der Waals surface area contributed by atoms with Gasteiger partial charge in [0.25, 0.3) is 0 Å². The summed E-state index contributed by atoms with van der Waals surface area (Å²) in [6.07, 6.45) is 4.41. The highest BCUT2D eigenvalue weighted by Crippen LogP contribution is 2.41. The summed E-state index contributed by atoms with van der Waals surface area (Å²) in [5.74, 6) is -0.931. The SMILES string of the molecule is Cc1ccc(S(=O)(=O)Oc2nc(SC3CCCC3)nc(C(C#N)c3cccc4ccccc34)c2C(C)C)cc1. The molecule has 1 aromatic heterocycles. The van der Waals surface area contributed by atoms with Gasteiger partial charge in [0, 0.05) is 10.8 Å². The molecule has 39 heavy (non-hydrogen) atoms. The van der Waals surface area contributed by atoms with Crippen molar-refractivity contribution in [1.82, 2.24) is 9.97 Å². The van der Waals surface area contributed by atoms with Crippen LogP contribution in [0.2, 0.25) is 0 Å². The smallest absolute Gasteiger partial charge is 0.340 e. The standard InChI is InChI=1S/C31H31N3O3S2/c1-20(2)28-29(27(19-32)26-14-8-10-22-9-4-7-13-25(22)26)33-31(38-23-11-5-6-12-23)34-30(28)37-39(35,36)24-17-15-21(3)16-18-24/h4,7-10,13-18,20,23,27H,5-6,11-12H2,1-3H3. The summed E-state index contributed by atoms with van der Waals surface area (Å²) < 4.78 is 32.6. The van der Waals surface area contributed by atoms with E-state index in [4.69, 9.17) is 9.17 Å². The highest BCUT2D eigenvalue weighted by atomic mass is 32.2. The second-order valence-electron chi connectivity index (χ2n) is 10.3. The number of rotatable bonds is 8. The van der Waals surface area contributed by atoms with Gasteiger partial charge in [-0.05, 0) is 54.2 Å². The van der Waals surface area contributed by atoms with Gasteiger partial charge in [-0.3, -0.25) is 0 Å². The van der Waals surface area contributed by atoms with Crippen LogP contribution in [0.4, 0.5) is 0 Å². The maximum atomic E-state index is 13.4. The van der Waals surface area contributed by atoms with E-state index in [1.807, 2.05) is 63.2 Å². The van der Waals surface area contributed by atoms with Gasteiger partial charge in [0.2, 0.25) is 5.88 Å². The van der Waals surface area contributed by atoms with E-state index < -0.39 is 16.0 Å². The zero-order chi connectivity index (χ0) is 27.6. The Hall–Kier alpha value is -3.41. The second-order valence-corrected chi connectivity index (χ2v) is 13.1. The summed E-state index contributed by atoms with van der Waals surface area (Å²) in [7, 11) is -4.16. The molecule has 0 radical (unpaired) electrons. The van der Waals surface area contributed by atoms with Crippen LogP contribution in [-0.2, 0) is 10.1 Å². The summed E-state index contributed by atoms with van der Waals surface area (Å²) in [6.45, 7) is 5.77. The molecule has 0 amide bonds. The van der Waals surface area contributed by atoms with Crippen molar-refractivity contribution in [1.29, 1.82) is 5.26 Å². The summed E-state index contributed by atoms with van der Waals surface area (Å²) in [4.78, 5) is 9.66. The number of aromatic nitrogens is 2. The Bertz CT molecular complexity index is 1630. The molecule has 1 saturated carbocycles. The maximum absolute atomic E-state index is 13.4. The lowest BCUT2D eigenvalue weighted by Crippen LogP contribution is -2.17. The lowest BCUT2D eigenvalue weighted by molar-refractivity contribution is 0.463. The fraction of sp³-hybridized carbons (Fsp3) is 0.323. The zero-order valence-corrected chi connectivity index (χ0v) is 23.9. The summed E-state index contributed by atoms with van der Waals surface area (Å²) >= 11 is 1.54. The molecule has 1 heterocycles. The van der Waals surface area contributed by atoms with Crippen molar-refractivity contribution in [2.24, 2.45) is 0 Å². The number of hydrogen-bond donors (Lipinski definition) is 0. The third kappa shape index (κ3) is 5.80. The number of aryl methyl sites for hydroxylation is 1. The highest BCUT2D eigenvalue weighted by Gasteiger charge is 2.31. The van der Waals surface area contributed by atoms with Crippen LogP contribution < -0.4 is 4.18 Å². The lowest BCUT2D eigenvalue weighted by atomic mass is 9.87. The first-order valence-corrected chi connectivity index (χ1v) is 15.5. The van der Waals surface area contributed by atoms with E-state index in [1.165, 1.54) is 12.1 Å². The molecule has 1 fully saturated rings. The van der Waals surface area contributed by atoms with Crippen LogP contribution in [0.15, 0.2) is 76.8 Å². The first kappa shape index (κ1) is 27.2. The average Bonchev–Trinajstić information content (AvgIpc) is 3.42. The van der Waals surface area contributed by atoms with Crippen LogP contribution in [-0.4, -0.2) is 23.6 Å². The van der Waals surface area contributed by atoms with Gasteiger partial charge >= 0.3 is 10.1 Å². The van der Waals surface area contributed by atoms with Gasteiger partial charge in [-0.25, -0.2) is 4.98 Å². The molecular formula is C31H31N3O3S2. The van der Waals surface area contributed by atoms with Crippen LogP contribution in [0.5, 0.6) is 5.88 Å². The average molecular weight is 558 g/mol. The minimum atomic E-state index is -4.16. The van der Waals surface area contributed by atoms with Gasteiger partial charge in [0.05, 0.1) is 11.8 Å². The summed E-state index contributed by atoms with van der Waals surface area (Å²) in [5, 5.41) is 13.3. The molecular weight excluding hydrogens is 526 g/mol. The Kier molecular flexibility index (Phi) is 7.92. The van der Waals surface area contributed by atoms with Gasteiger partial charge < -0.3 is 4.18 Å². The van der Waals surface area contributed by atoms with Crippen molar-refractivity contribution in [3.63, 3.8) is 0 Å². The quantitative estimate of drug-likeness (QED) is 0.163. The minimum Gasteiger partial charge on any atom is -0.358 e. The van der Waals surface area contributed by atoms with Crippen LogP contribution in [0.1, 0.15) is 73.8 Å². The fourth-order valence-corrected chi connectivity index (χ4v) is 7.17. The van der Waals surface area contributed by atoms with Gasteiger partial charge in [-0.1, -0.05) is 98.6 Å². The number of hydrogen-bond acceptors (Lipinski definition) is 7. The van der Waals surface area contributed by atoms with Crippen LogP contribution in [0, 0.1) is 18.3 Å². The largest absolute Gasteiger partial charge is 0.358 e. The van der Waals surface area contributed by atoms with Crippen molar-refractivity contribution >= 4 is 32.7 Å². The lowest BCUT2D eigenvalue weighted by Gasteiger charge is -2.21. The molecule has 1 unspecified atom stereocenters. The molecule has 200 valence electrons. The van der Waals surface area contributed by atoms with Gasteiger partial charge in [0.1, 0.15) is 10.8 Å². The van der Waals surface area contributed by atoms with E-state index in [0.29, 0.717) is 21.7 Å². The third-order valence-corrected chi connectivity index (χ3v) is 9.53. The number of benzene rings is 3. The molecule has 0 spiro atoms. The molecule has 0 N–H and O–H groups in total. The predicted octanol–water partition coefficient (Wildman–Crippen LogP) is 7.52. The highest BCUT2D eigenvalue weighted by molar-refractivity contribution is 7.99. The van der Waals surface area contributed by atoms with E-state index in [1.54, 1.807) is 23.9 Å². The Labute approximate surface area is 234 Å². The molecule has 0 saturated heterocycles. The third-order valence-electron chi connectivity index (χ3n) is 7.11. The molecule has 8 heteroatoms. The van der Waals surface area contributed by atoms with E-state index in [-0.39, 0.29) is 16.7 Å². The van der Waals surface area contributed by atoms with Crippen LogP contribution >= 0.6 is 11.8 Å². The topological polar surface area (TPSA) is 92.9 Å². The Morgan fingerprint density at radius 3 is 2.36 bits per heavy atom. The van der Waals surface area contributed by atoms with Crippen molar-refractivity contribution in [2.45, 2.75) is 73.6 Å². The number of thioether (sulfide) groups is 1. The molecule has 1 aliphatic carbocycles. The normalized spacial score (nSPS) is 14.9. The molecule has 6 nitrogen and oxygen atoms in total. The van der Waals surface area contributed by atoms with Crippen molar-refractivity contribution in [3.05, 3.63) is 89.1 Å². The van der Waals surface area contributed by atoms with E-state index in [9.17, 15) is 13.7 Å². The van der Waals surface area contributed by atoms with Gasteiger partial charge in [-0.15, -0.1) is 0 Å². The first-order chi connectivity index (χ1) is 18.8. The summed E-state index contributed by atoms with van der Waals surface area (Å²) in [5.41, 5.74) is 2.79. The number of nitriles is 1. The van der Waals surface area contributed by atoms with Crippen molar-refractivity contribution in [3.8, 4) is 11.9 Å².